The molecule has 2 amide bonds. The van der Waals surface area contributed by atoms with Crippen molar-refractivity contribution in [3.8, 4) is 11.4 Å². The first kappa shape index (κ1) is 17.9. The standard InChI is InChI=1S/C21H21N5O2/c1-2-12-22-20(27)16-8-6-14(7-9-16)19-25-24-18-11-10-17(13-26(18)19)23-21(28)15-4-3-5-15/h2,6-11,13,15H,1,3-5,12H2,(H,22,27)(H,23,28). The summed E-state index contributed by atoms with van der Waals surface area (Å²) in [5.41, 5.74) is 2.79. The number of nitrogens with one attached hydrogen (secondary N) is 2. The molecular weight excluding hydrogens is 354 g/mol. The molecule has 0 atom stereocenters. The highest BCUT2D eigenvalue weighted by atomic mass is 16.2. The fraction of sp³-hybridized carbons (Fsp3) is 0.238. The number of aromatic nitrogens is 3. The zero-order chi connectivity index (χ0) is 19.5. The highest BCUT2D eigenvalue weighted by Crippen LogP contribution is 2.28. The van der Waals surface area contributed by atoms with Gasteiger partial charge in [-0.25, -0.2) is 0 Å². The molecule has 7 heteroatoms. The van der Waals surface area contributed by atoms with Crippen molar-refractivity contribution in [2.75, 3.05) is 11.9 Å². The normalized spacial score (nSPS) is 13.7. The summed E-state index contributed by atoms with van der Waals surface area (Å²) in [7, 11) is 0. The van der Waals surface area contributed by atoms with Gasteiger partial charge >= 0.3 is 0 Å². The lowest BCUT2D eigenvalue weighted by atomic mass is 9.85. The Bertz CT molecular complexity index is 1030. The van der Waals surface area contributed by atoms with Gasteiger partial charge in [-0.15, -0.1) is 16.8 Å². The quantitative estimate of drug-likeness (QED) is 0.648. The van der Waals surface area contributed by atoms with Crippen LogP contribution in [0.25, 0.3) is 17.0 Å². The van der Waals surface area contributed by atoms with Crippen molar-refractivity contribution in [2.24, 2.45) is 5.92 Å². The summed E-state index contributed by atoms with van der Waals surface area (Å²) >= 11 is 0. The highest BCUT2D eigenvalue weighted by molar-refractivity contribution is 5.95. The van der Waals surface area contributed by atoms with Crippen LogP contribution in [0.5, 0.6) is 0 Å². The summed E-state index contributed by atoms with van der Waals surface area (Å²) in [5, 5.41) is 14.2. The van der Waals surface area contributed by atoms with E-state index in [1.807, 2.05) is 34.9 Å². The molecule has 7 nitrogen and oxygen atoms in total. The van der Waals surface area contributed by atoms with Crippen LogP contribution in [0.1, 0.15) is 29.6 Å². The predicted octanol–water partition coefficient (Wildman–Crippen LogP) is 3.05. The lowest BCUT2D eigenvalue weighted by molar-refractivity contribution is -0.122. The van der Waals surface area contributed by atoms with Crippen LogP contribution in [-0.2, 0) is 4.79 Å². The number of rotatable bonds is 6. The second-order valence-corrected chi connectivity index (χ2v) is 6.86. The summed E-state index contributed by atoms with van der Waals surface area (Å²) < 4.78 is 1.84. The number of pyridine rings is 1. The first-order valence-corrected chi connectivity index (χ1v) is 9.31. The molecule has 0 spiro atoms. The minimum atomic E-state index is -0.154. The fourth-order valence-electron chi connectivity index (χ4n) is 3.11. The molecule has 1 aliphatic carbocycles. The van der Waals surface area contributed by atoms with E-state index in [0.29, 0.717) is 29.3 Å². The summed E-state index contributed by atoms with van der Waals surface area (Å²) in [6, 6.07) is 10.8. The minimum Gasteiger partial charge on any atom is -0.349 e. The maximum atomic E-state index is 12.2. The number of hydrogen-bond donors (Lipinski definition) is 2. The van der Waals surface area contributed by atoms with E-state index in [2.05, 4.69) is 27.4 Å². The number of benzene rings is 1. The number of carbonyl (C=O) groups excluding carboxylic acids is 2. The Morgan fingerprint density at radius 1 is 1.14 bits per heavy atom. The molecule has 0 aliphatic heterocycles. The lowest BCUT2D eigenvalue weighted by Gasteiger charge is -2.24. The molecular formula is C21H21N5O2. The molecule has 0 bridgehead atoms. The molecule has 1 aliphatic rings. The molecule has 0 radical (unpaired) electrons. The molecule has 2 heterocycles. The van der Waals surface area contributed by atoms with E-state index in [-0.39, 0.29) is 17.7 Å². The maximum absolute atomic E-state index is 12.2. The minimum absolute atomic E-state index is 0.0649. The zero-order valence-electron chi connectivity index (χ0n) is 15.4. The van der Waals surface area contributed by atoms with Gasteiger partial charge in [-0.2, -0.15) is 0 Å². The number of amides is 2. The molecule has 142 valence electrons. The maximum Gasteiger partial charge on any atom is 0.251 e. The predicted molar refractivity (Wildman–Crippen MR) is 107 cm³/mol. The molecule has 28 heavy (non-hydrogen) atoms. The molecule has 2 N–H and O–H groups in total. The van der Waals surface area contributed by atoms with Gasteiger partial charge in [0.2, 0.25) is 5.91 Å². The van der Waals surface area contributed by atoms with Crippen molar-refractivity contribution >= 4 is 23.1 Å². The van der Waals surface area contributed by atoms with E-state index < -0.39 is 0 Å². The van der Waals surface area contributed by atoms with E-state index in [4.69, 9.17) is 0 Å². The Balaban J connectivity index is 1.57. The Morgan fingerprint density at radius 2 is 1.93 bits per heavy atom. The molecule has 1 aromatic carbocycles. The van der Waals surface area contributed by atoms with Gasteiger partial charge in [0.25, 0.3) is 5.91 Å². The summed E-state index contributed by atoms with van der Waals surface area (Å²) in [6.07, 6.45) is 6.49. The van der Waals surface area contributed by atoms with E-state index in [9.17, 15) is 9.59 Å². The van der Waals surface area contributed by atoms with Gasteiger partial charge in [-0.3, -0.25) is 14.0 Å². The second-order valence-electron chi connectivity index (χ2n) is 6.86. The smallest absolute Gasteiger partial charge is 0.251 e. The number of nitrogens with zero attached hydrogens (tertiary/aromatic N) is 3. The van der Waals surface area contributed by atoms with Crippen LogP contribution >= 0.6 is 0 Å². The average molecular weight is 375 g/mol. The van der Waals surface area contributed by atoms with Crippen molar-refractivity contribution < 1.29 is 9.59 Å². The number of anilines is 1. The van der Waals surface area contributed by atoms with Gasteiger partial charge in [-0.1, -0.05) is 24.6 Å². The highest BCUT2D eigenvalue weighted by Gasteiger charge is 2.25. The van der Waals surface area contributed by atoms with Crippen molar-refractivity contribution in [2.45, 2.75) is 19.3 Å². The van der Waals surface area contributed by atoms with Gasteiger partial charge < -0.3 is 10.6 Å². The third kappa shape index (κ3) is 3.51. The first-order chi connectivity index (χ1) is 13.7. The number of carbonyl (C=O) groups is 2. The van der Waals surface area contributed by atoms with Gasteiger partial charge in [0.15, 0.2) is 11.5 Å². The number of fused-ring (bicyclic) bond motifs is 1. The zero-order valence-corrected chi connectivity index (χ0v) is 15.4. The Labute approximate surface area is 162 Å². The Kier molecular flexibility index (Phi) is 4.89. The molecule has 0 saturated heterocycles. The molecule has 3 aromatic rings. The lowest BCUT2D eigenvalue weighted by Crippen LogP contribution is -2.28. The van der Waals surface area contributed by atoms with Crippen molar-refractivity contribution in [3.05, 3.63) is 60.8 Å². The van der Waals surface area contributed by atoms with Crippen LogP contribution in [0.2, 0.25) is 0 Å². The van der Waals surface area contributed by atoms with E-state index in [1.165, 1.54) is 0 Å². The fourth-order valence-corrected chi connectivity index (χ4v) is 3.11. The van der Waals surface area contributed by atoms with Gasteiger partial charge in [0.1, 0.15) is 0 Å². The molecule has 4 rings (SSSR count). The summed E-state index contributed by atoms with van der Waals surface area (Å²) in [4.78, 5) is 24.2. The van der Waals surface area contributed by atoms with E-state index in [1.54, 1.807) is 18.2 Å². The van der Waals surface area contributed by atoms with Crippen LogP contribution < -0.4 is 10.6 Å². The van der Waals surface area contributed by atoms with Crippen molar-refractivity contribution in [3.63, 3.8) is 0 Å². The van der Waals surface area contributed by atoms with E-state index in [0.717, 1.165) is 24.8 Å². The van der Waals surface area contributed by atoms with Crippen LogP contribution in [0.3, 0.4) is 0 Å². The molecule has 1 fully saturated rings. The summed E-state index contributed by atoms with van der Waals surface area (Å²) in [5.74, 6) is 0.678. The first-order valence-electron chi connectivity index (χ1n) is 9.31. The van der Waals surface area contributed by atoms with Crippen molar-refractivity contribution in [1.29, 1.82) is 0 Å². The van der Waals surface area contributed by atoms with Crippen LogP contribution in [0, 0.1) is 5.92 Å². The number of hydrogen-bond acceptors (Lipinski definition) is 4. The van der Waals surface area contributed by atoms with Crippen LogP contribution in [-0.4, -0.2) is 33.0 Å². The third-order valence-electron chi connectivity index (χ3n) is 4.96. The van der Waals surface area contributed by atoms with Crippen molar-refractivity contribution in [1.82, 2.24) is 19.9 Å². The SMILES string of the molecule is C=CCNC(=O)c1ccc(-c2nnc3ccc(NC(=O)C4CCC4)cn23)cc1. The van der Waals surface area contributed by atoms with E-state index >= 15 is 0 Å². The summed E-state index contributed by atoms with van der Waals surface area (Å²) in [6.45, 7) is 4.01. The third-order valence-corrected chi connectivity index (χ3v) is 4.96. The van der Waals surface area contributed by atoms with Crippen LogP contribution in [0.15, 0.2) is 55.3 Å². The van der Waals surface area contributed by atoms with Gasteiger partial charge in [-0.05, 0) is 37.1 Å². The monoisotopic (exact) mass is 375 g/mol. The molecule has 2 aromatic heterocycles. The Morgan fingerprint density at radius 3 is 2.61 bits per heavy atom. The van der Waals surface area contributed by atoms with Gasteiger partial charge in [0.05, 0.1) is 5.69 Å². The molecule has 1 saturated carbocycles. The molecule has 0 unspecified atom stereocenters. The largest absolute Gasteiger partial charge is 0.349 e. The average Bonchev–Trinajstić information content (AvgIpc) is 3.08. The second kappa shape index (κ2) is 7.64. The van der Waals surface area contributed by atoms with Crippen LogP contribution in [0.4, 0.5) is 5.69 Å². The Hall–Kier alpha value is -3.48. The topological polar surface area (TPSA) is 88.4 Å². The van der Waals surface area contributed by atoms with Gasteiger partial charge in [0, 0.05) is 29.8 Å².